The Hall–Kier alpha value is -1.56. The van der Waals surface area contributed by atoms with Crippen molar-refractivity contribution < 1.29 is 9.13 Å². The van der Waals surface area contributed by atoms with Gasteiger partial charge in [-0.3, -0.25) is 4.90 Å². The largest absolute Gasteiger partial charge is 0.377 e. The highest BCUT2D eigenvalue weighted by Gasteiger charge is 2.48. The molecule has 0 amide bonds. The summed E-state index contributed by atoms with van der Waals surface area (Å²) in [6, 6.07) is 5.04. The average Bonchev–Trinajstić information content (AvgIpc) is 2.95. The Labute approximate surface area is 145 Å². The van der Waals surface area contributed by atoms with Gasteiger partial charge in [0, 0.05) is 43.9 Å². The third-order valence-corrected chi connectivity index (χ3v) is 5.18. The van der Waals surface area contributed by atoms with Crippen molar-refractivity contribution in [1.29, 1.82) is 0 Å². The number of likely N-dealkylation sites (tertiary alicyclic amines) is 1. The van der Waals surface area contributed by atoms with Crippen LogP contribution in [-0.4, -0.2) is 40.7 Å². The number of benzene rings is 1. The zero-order chi connectivity index (χ0) is 16.6. The number of rotatable bonds is 4. The van der Waals surface area contributed by atoms with Crippen LogP contribution in [0, 0.1) is 11.2 Å². The highest BCUT2D eigenvalue weighted by atomic mass is 35.5. The van der Waals surface area contributed by atoms with Crippen molar-refractivity contribution in [2.45, 2.75) is 25.5 Å². The molecule has 1 aromatic heterocycles. The van der Waals surface area contributed by atoms with Crippen LogP contribution in [0.5, 0.6) is 0 Å². The number of aromatic nitrogens is 2. The minimum absolute atomic E-state index is 0.177. The first kappa shape index (κ1) is 15.9. The Bertz CT molecular complexity index is 721. The van der Waals surface area contributed by atoms with Crippen molar-refractivity contribution in [1.82, 2.24) is 14.9 Å². The van der Waals surface area contributed by atoms with Gasteiger partial charge in [0.05, 0.1) is 17.7 Å². The predicted octanol–water partition coefficient (Wildman–Crippen LogP) is 3.10. The van der Waals surface area contributed by atoms with E-state index in [-0.39, 0.29) is 22.4 Å². The summed E-state index contributed by atoms with van der Waals surface area (Å²) in [5, 5.41) is 0.177. The summed E-state index contributed by atoms with van der Waals surface area (Å²) in [5.74, 6) is -0.348. The van der Waals surface area contributed by atoms with Gasteiger partial charge >= 0.3 is 0 Å². The summed E-state index contributed by atoms with van der Waals surface area (Å²) in [6.45, 7) is 3.56. The van der Waals surface area contributed by atoms with Gasteiger partial charge in [-0.05, 0) is 29.7 Å². The lowest BCUT2D eigenvalue weighted by molar-refractivity contribution is -0.0141. The smallest absolute Gasteiger partial charge is 0.142 e. The van der Waals surface area contributed by atoms with Gasteiger partial charge in [0.25, 0.3) is 0 Å². The Morgan fingerprint density at radius 3 is 2.79 bits per heavy atom. The SMILES string of the molecule is Fc1cc(CN2CC3(CO[C@H](Cc4cncnc4)C3)C2)ccc1Cl. The highest BCUT2D eigenvalue weighted by Crippen LogP contribution is 2.42. The molecule has 6 heteroatoms. The van der Waals surface area contributed by atoms with Crippen molar-refractivity contribution in [3.05, 3.63) is 58.9 Å². The summed E-state index contributed by atoms with van der Waals surface area (Å²) in [6.07, 6.45) is 7.42. The Morgan fingerprint density at radius 1 is 1.25 bits per heavy atom. The van der Waals surface area contributed by atoms with Crippen LogP contribution in [0.2, 0.25) is 5.02 Å². The molecule has 0 radical (unpaired) electrons. The van der Waals surface area contributed by atoms with Crippen LogP contribution < -0.4 is 0 Å². The van der Waals surface area contributed by atoms with Gasteiger partial charge in [0.1, 0.15) is 12.1 Å². The van der Waals surface area contributed by atoms with Crippen LogP contribution >= 0.6 is 11.6 Å². The molecule has 126 valence electrons. The Kier molecular flexibility index (Phi) is 4.24. The van der Waals surface area contributed by atoms with Gasteiger partial charge in [-0.2, -0.15) is 0 Å². The first-order valence-corrected chi connectivity index (χ1v) is 8.51. The van der Waals surface area contributed by atoms with Gasteiger partial charge in [0.2, 0.25) is 0 Å². The predicted molar refractivity (Wildman–Crippen MR) is 89.2 cm³/mol. The third kappa shape index (κ3) is 3.29. The molecule has 1 spiro atoms. The topological polar surface area (TPSA) is 38.2 Å². The van der Waals surface area contributed by atoms with Crippen LogP contribution in [-0.2, 0) is 17.7 Å². The van der Waals surface area contributed by atoms with Crippen molar-refractivity contribution in [3.63, 3.8) is 0 Å². The van der Waals surface area contributed by atoms with Gasteiger partial charge in [0.15, 0.2) is 0 Å². The molecule has 3 heterocycles. The summed E-state index contributed by atoms with van der Waals surface area (Å²) >= 11 is 5.73. The summed E-state index contributed by atoms with van der Waals surface area (Å²) in [7, 11) is 0. The fourth-order valence-corrected chi connectivity index (χ4v) is 3.97. The van der Waals surface area contributed by atoms with E-state index in [1.807, 2.05) is 18.5 Å². The van der Waals surface area contributed by atoms with Crippen molar-refractivity contribution in [2.24, 2.45) is 5.41 Å². The molecule has 2 aromatic rings. The van der Waals surface area contributed by atoms with Gasteiger partial charge in [-0.15, -0.1) is 0 Å². The van der Waals surface area contributed by atoms with Crippen LogP contribution in [0.1, 0.15) is 17.5 Å². The fraction of sp³-hybridized carbons (Fsp3) is 0.444. The molecule has 24 heavy (non-hydrogen) atoms. The maximum absolute atomic E-state index is 13.5. The third-order valence-electron chi connectivity index (χ3n) is 4.87. The zero-order valence-electron chi connectivity index (χ0n) is 13.3. The molecule has 2 aliphatic rings. The lowest BCUT2D eigenvalue weighted by Crippen LogP contribution is -2.56. The van der Waals surface area contributed by atoms with Crippen molar-refractivity contribution in [3.8, 4) is 0 Å². The standard InChI is InChI=1S/C18H19ClFN3O/c19-16-2-1-13(4-17(16)20)8-23-9-18(10-23)5-15(24-11-18)3-14-6-21-12-22-7-14/h1-2,4,6-7,12,15H,3,5,8-11H2/t15-/m1/s1. The van der Waals surface area contributed by atoms with Crippen LogP contribution in [0.25, 0.3) is 0 Å². The monoisotopic (exact) mass is 347 g/mol. The van der Waals surface area contributed by atoms with E-state index in [9.17, 15) is 4.39 Å². The number of nitrogens with zero attached hydrogens (tertiary/aromatic N) is 3. The quantitative estimate of drug-likeness (QED) is 0.852. The van der Waals surface area contributed by atoms with E-state index >= 15 is 0 Å². The Morgan fingerprint density at radius 2 is 2.04 bits per heavy atom. The Balaban J connectivity index is 1.30. The average molecular weight is 348 g/mol. The second kappa shape index (κ2) is 6.39. The molecule has 0 aliphatic carbocycles. The first-order chi connectivity index (χ1) is 11.6. The van der Waals surface area contributed by atoms with Gasteiger partial charge in [-0.1, -0.05) is 17.7 Å². The highest BCUT2D eigenvalue weighted by molar-refractivity contribution is 6.30. The van der Waals surface area contributed by atoms with E-state index in [0.29, 0.717) is 0 Å². The second-order valence-electron chi connectivity index (χ2n) is 6.98. The molecule has 0 bridgehead atoms. The van der Waals surface area contributed by atoms with Gasteiger partial charge < -0.3 is 4.74 Å². The van der Waals surface area contributed by atoms with Gasteiger partial charge in [-0.25, -0.2) is 14.4 Å². The molecule has 0 N–H and O–H groups in total. The zero-order valence-corrected chi connectivity index (χ0v) is 14.0. The number of hydrogen-bond donors (Lipinski definition) is 0. The molecule has 0 saturated carbocycles. The van der Waals surface area contributed by atoms with Crippen molar-refractivity contribution >= 4 is 11.6 Å². The lowest BCUT2D eigenvalue weighted by Gasteiger charge is -2.47. The van der Waals surface area contributed by atoms with Crippen LogP contribution in [0.15, 0.2) is 36.9 Å². The number of halogens is 2. The van der Waals surface area contributed by atoms with E-state index in [1.54, 1.807) is 12.4 Å². The molecule has 2 aliphatic heterocycles. The molecule has 4 nitrogen and oxygen atoms in total. The molecule has 1 atom stereocenters. The summed E-state index contributed by atoms with van der Waals surface area (Å²) < 4.78 is 19.5. The second-order valence-corrected chi connectivity index (χ2v) is 7.39. The summed E-state index contributed by atoms with van der Waals surface area (Å²) in [5.41, 5.74) is 2.33. The molecule has 2 fully saturated rings. The molecule has 0 unspecified atom stereocenters. The van der Waals surface area contributed by atoms with E-state index < -0.39 is 0 Å². The van der Waals surface area contributed by atoms with E-state index in [2.05, 4.69) is 14.9 Å². The molecule has 2 saturated heterocycles. The van der Waals surface area contributed by atoms with E-state index in [1.165, 1.54) is 6.07 Å². The fourth-order valence-electron chi connectivity index (χ4n) is 3.86. The van der Waals surface area contributed by atoms with E-state index in [4.69, 9.17) is 16.3 Å². The maximum Gasteiger partial charge on any atom is 0.142 e. The molecule has 4 rings (SSSR count). The molecular formula is C18H19ClFN3O. The van der Waals surface area contributed by atoms with Crippen LogP contribution in [0.3, 0.4) is 0 Å². The number of hydrogen-bond acceptors (Lipinski definition) is 4. The number of ether oxygens (including phenoxy) is 1. The molecular weight excluding hydrogens is 329 g/mol. The van der Waals surface area contributed by atoms with Crippen LogP contribution in [0.4, 0.5) is 4.39 Å². The normalized spacial score (nSPS) is 22.7. The summed E-state index contributed by atoms with van der Waals surface area (Å²) in [4.78, 5) is 10.4. The lowest BCUT2D eigenvalue weighted by atomic mass is 9.77. The maximum atomic E-state index is 13.5. The minimum atomic E-state index is -0.348. The molecule has 1 aromatic carbocycles. The van der Waals surface area contributed by atoms with Crippen molar-refractivity contribution in [2.75, 3.05) is 19.7 Å². The van der Waals surface area contributed by atoms with E-state index in [0.717, 1.165) is 50.2 Å². The first-order valence-electron chi connectivity index (χ1n) is 8.14. The minimum Gasteiger partial charge on any atom is -0.377 e.